The van der Waals surface area contributed by atoms with Crippen LogP contribution < -0.4 is 0 Å². The summed E-state index contributed by atoms with van der Waals surface area (Å²) in [5, 5.41) is 8.82. The summed E-state index contributed by atoms with van der Waals surface area (Å²) >= 11 is 0. The zero-order chi connectivity index (χ0) is 13.1. The maximum absolute atomic E-state index is 12.0. The van der Waals surface area contributed by atoms with Gasteiger partial charge in [0.2, 0.25) is 0 Å². The molecule has 0 amide bonds. The largest absolute Gasteiger partial charge is 0.395 e. The van der Waals surface area contributed by atoms with Crippen LogP contribution in [-0.2, 0) is 16.3 Å². The van der Waals surface area contributed by atoms with Crippen molar-refractivity contribution in [3.63, 3.8) is 0 Å². The van der Waals surface area contributed by atoms with Crippen LogP contribution in [0.15, 0.2) is 17.0 Å². The number of aliphatic hydroxyl groups is 1. The number of aliphatic hydroxyl groups excluding tert-OH is 1. The van der Waals surface area contributed by atoms with Crippen LogP contribution in [0.4, 0.5) is 0 Å². The van der Waals surface area contributed by atoms with Gasteiger partial charge < -0.3 is 5.11 Å². The first-order valence-electron chi connectivity index (χ1n) is 5.86. The molecule has 0 heterocycles. The normalized spacial score (nSPS) is 11.8. The summed E-state index contributed by atoms with van der Waals surface area (Å²) in [7, 11) is -3.35. The van der Waals surface area contributed by atoms with E-state index in [0.717, 1.165) is 29.5 Å². The van der Waals surface area contributed by atoms with Crippen LogP contribution in [0, 0.1) is 13.8 Å². The number of sulfone groups is 1. The van der Waals surface area contributed by atoms with Crippen molar-refractivity contribution in [2.75, 3.05) is 12.4 Å². The lowest BCUT2D eigenvalue weighted by molar-refractivity contribution is 0.319. The van der Waals surface area contributed by atoms with Crippen molar-refractivity contribution in [2.24, 2.45) is 0 Å². The Morgan fingerprint density at radius 2 is 1.88 bits per heavy atom. The second-order valence-electron chi connectivity index (χ2n) is 4.33. The van der Waals surface area contributed by atoms with E-state index < -0.39 is 9.84 Å². The van der Waals surface area contributed by atoms with Gasteiger partial charge in [-0.1, -0.05) is 19.4 Å². The molecule has 0 aliphatic carbocycles. The van der Waals surface area contributed by atoms with Crippen molar-refractivity contribution in [3.05, 3.63) is 28.8 Å². The third kappa shape index (κ3) is 3.30. The summed E-state index contributed by atoms with van der Waals surface area (Å²) in [5.74, 6) is -0.205. The van der Waals surface area contributed by atoms with Gasteiger partial charge in [0.1, 0.15) is 0 Å². The molecule has 0 saturated carbocycles. The molecule has 0 aliphatic heterocycles. The molecule has 4 heteroatoms. The second-order valence-corrected chi connectivity index (χ2v) is 6.41. The monoisotopic (exact) mass is 256 g/mol. The smallest absolute Gasteiger partial charge is 0.180 e. The molecule has 17 heavy (non-hydrogen) atoms. The number of benzene rings is 1. The van der Waals surface area contributed by atoms with Crippen molar-refractivity contribution in [2.45, 2.75) is 38.5 Å². The quantitative estimate of drug-likeness (QED) is 0.877. The van der Waals surface area contributed by atoms with Gasteiger partial charge in [-0.25, -0.2) is 8.42 Å². The van der Waals surface area contributed by atoms with E-state index in [4.69, 9.17) is 5.11 Å². The van der Waals surface area contributed by atoms with Crippen LogP contribution in [0.25, 0.3) is 0 Å². The van der Waals surface area contributed by atoms with Crippen LogP contribution >= 0.6 is 0 Å². The molecule has 96 valence electrons. The summed E-state index contributed by atoms with van der Waals surface area (Å²) in [6.45, 7) is 5.47. The van der Waals surface area contributed by atoms with Crippen LogP contribution in [0.5, 0.6) is 0 Å². The van der Waals surface area contributed by atoms with Crippen LogP contribution in [0.3, 0.4) is 0 Å². The van der Waals surface area contributed by atoms with Gasteiger partial charge in [0.25, 0.3) is 0 Å². The maximum Gasteiger partial charge on any atom is 0.180 e. The molecule has 1 N–H and O–H groups in total. The third-order valence-corrected chi connectivity index (χ3v) is 4.73. The minimum Gasteiger partial charge on any atom is -0.395 e. The highest BCUT2D eigenvalue weighted by molar-refractivity contribution is 7.91. The van der Waals surface area contributed by atoms with E-state index in [-0.39, 0.29) is 12.4 Å². The van der Waals surface area contributed by atoms with Crippen LogP contribution in [0.1, 0.15) is 30.0 Å². The Bertz CT molecular complexity index is 490. The molecule has 0 fully saturated rings. The van der Waals surface area contributed by atoms with Gasteiger partial charge in [0.15, 0.2) is 9.84 Å². The Hall–Kier alpha value is -0.870. The summed E-state index contributed by atoms with van der Waals surface area (Å²) in [6.07, 6.45) is 1.87. The standard InChI is InChI=1S/C13H20O3S/c1-4-5-12-8-10(2)11(3)13(9-12)17(15,16)7-6-14/h8-9,14H,4-7H2,1-3H3. The first-order chi connectivity index (χ1) is 7.92. The van der Waals surface area contributed by atoms with E-state index in [2.05, 4.69) is 6.92 Å². The molecule has 1 rings (SSSR count). The van der Waals surface area contributed by atoms with Gasteiger partial charge in [-0.05, 0) is 43.0 Å². The summed E-state index contributed by atoms with van der Waals surface area (Å²) in [5.41, 5.74) is 2.83. The topological polar surface area (TPSA) is 54.4 Å². The van der Waals surface area contributed by atoms with Gasteiger partial charge in [-0.2, -0.15) is 0 Å². The number of rotatable bonds is 5. The zero-order valence-electron chi connectivity index (χ0n) is 10.7. The van der Waals surface area contributed by atoms with E-state index in [0.29, 0.717) is 4.90 Å². The fourth-order valence-electron chi connectivity index (χ4n) is 1.89. The van der Waals surface area contributed by atoms with E-state index in [1.165, 1.54) is 0 Å². The molecule has 0 aromatic heterocycles. The lowest BCUT2D eigenvalue weighted by atomic mass is 10.0. The maximum atomic E-state index is 12.0. The first-order valence-corrected chi connectivity index (χ1v) is 7.51. The van der Waals surface area contributed by atoms with E-state index >= 15 is 0 Å². The molecule has 0 aliphatic rings. The average Bonchev–Trinajstić information content (AvgIpc) is 2.23. The third-order valence-electron chi connectivity index (χ3n) is 2.91. The molecule has 0 saturated heterocycles. The van der Waals surface area contributed by atoms with Gasteiger partial charge in [-0.3, -0.25) is 0 Å². The van der Waals surface area contributed by atoms with Gasteiger partial charge in [0.05, 0.1) is 17.3 Å². The second kappa shape index (κ2) is 5.65. The Kier molecular flexibility index (Phi) is 4.71. The molecule has 0 bridgehead atoms. The minimum atomic E-state index is -3.35. The van der Waals surface area contributed by atoms with Crippen molar-refractivity contribution >= 4 is 9.84 Å². The highest BCUT2D eigenvalue weighted by atomic mass is 32.2. The molecule has 0 unspecified atom stereocenters. The van der Waals surface area contributed by atoms with Crippen molar-refractivity contribution < 1.29 is 13.5 Å². The fraction of sp³-hybridized carbons (Fsp3) is 0.538. The first kappa shape index (κ1) is 14.2. The zero-order valence-corrected chi connectivity index (χ0v) is 11.5. The van der Waals surface area contributed by atoms with Crippen LogP contribution in [0.2, 0.25) is 0 Å². The Balaban J connectivity index is 3.32. The molecule has 0 spiro atoms. The molecule has 0 atom stereocenters. The molecule has 1 aromatic rings. The van der Waals surface area contributed by atoms with Crippen molar-refractivity contribution in [1.82, 2.24) is 0 Å². The van der Waals surface area contributed by atoms with Gasteiger partial charge in [0, 0.05) is 0 Å². The highest BCUT2D eigenvalue weighted by Crippen LogP contribution is 2.22. The number of aryl methyl sites for hydroxylation is 2. The molecular formula is C13H20O3S. The lowest BCUT2D eigenvalue weighted by Gasteiger charge is -2.12. The number of hydrogen-bond acceptors (Lipinski definition) is 3. The van der Waals surface area contributed by atoms with E-state index in [9.17, 15) is 8.42 Å². The lowest BCUT2D eigenvalue weighted by Crippen LogP contribution is -2.12. The predicted octanol–water partition coefficient (Wildman–Crippen LogP) is 2.02. The fourth-order valence-corrected chi connectivity index (χ4v) is 3.30. The van der Waals surface area contributed by atoms with Crippen molar-refractivity contribution in [3.8, 4) is 0 Å². The Morgan fingerprint density at radius 3 is 2.41 bits per heavy atom. The average molecular weight is 256 g/mol. The molecular weight excluding hydrogens is 236 g/mol. The number of hydrogen-bond donors (Lipinski definition) is 1. The predicted molar refractivity (Wildman–Crippen MR) is 69.0 cm³/mol. The summed E-state index contributed by atoms with van der Waals surface area (Å²) < 4.78 is 24.0. The van der Waals surface area contributed by atoms with Gasteiger partial charge in [-0.15, -0.1) is 0 Å². The Labute approximate surface area is 103 Å². The molecule has 0 radical (unpaired) electrons. The summed E-state index contributed by atoms with van der Waals surface area (Å²) in [4.78, 5) is 0.370. The molecule has 3 nitrogen and oxygen atoms in total. The highest BCUT2D eigenvalue weighted by Gasteiger charge is 2.18. The van der Waals surface area contributed by atoms with Gasteiger partial charge >= 0.3 is 0 Å². The SMILES string of the molecule is CCCc1cc(C)c(C)c(S(=O)(=O)CCO)c1. The van der Waals surface area contributed by atoms with Crippen LogP contribution in [-0.4, -0.2) is 25.9 Å². The van der Waals surface area contributed by atoms with E-state index in [1.54, 1.807) is 6.07 Å². The molecule has 1 aromatic carbocycles. The van der Waals surface area contributed by atoms with E-state index in [1.807, 2.05) is 19.9 Å². The van der Waals surface area contributed by atoms with Crippen molar-refractivity contribution in [1.29, 1.82) is 0 Å². The summed E-state index contributed by atoms with van der Waals surface area (Å²) in [6, 6.07) is 3.79. The Morgan fingerprint density at radius 1 is 1.24 bits per heavy atom. The minimum absolute atomic E-state index is 0.205.